The van der Waals surface area contributed by atoms with Gasteiger partial charge in [-0.05, 0) is 46.5 Å². The molecular weight excluding hydrogens is 430 g/mol. The van der Waals surface area contributed by atoms with Crippen LogP contribution in [0.3, 0.4) is 0 Å². The molecule has 0 radical (unpaired) electrons. The molecule has 0 atom stereocenters. The highest BCUT2D eigenvalue weighted by Crippen LogP contribution is 2.40. The molecule has 4 aromatic carbocycles. The van der Waals surface area contributed by atoms with Crippen LogP contribution >= 0.6 is 0 Å². The van der Waals surface area contributed by atoms with E-state index in [4.69, 9.17) is 4.42 Å². The van der Waals surface area contributed by atoms with Crippen molar-refractivity contribution in [3.8, 4) is 45.5 Å². The van der Waals surface area contributed by atoms with E-state index in [2.05, 4.69) is 53.5 Å². The van der Waals surface area contributed by atoms with Gasteiger partial charge in [0.25, 0.3) is 0 Å². The fraction of sp³-hybridized carbons (Fsp3) is 0. The summed E-state index contributed by atoms with van der Waals surface area (Å²) < 4.78 is 6.51. The lowest BCUT2D eigenvalue weighted by atomic mass is 9.97. The maximum atomic E-state index is 9.42. The van der Waals surface area contributed by atoms with Crippen molar-refractivity contribution in [2.24, 2.45) is 0 Å². The van der Waals surface area contributed by atoms with E-state index in [0.717, 1.165) is 55.3 Å². The molecule has 0 fully saturated rings. The summed E-state index contributed by atoms with van der Waals surface area (Å²) in [5.74, 6) is 0. The van der Waals surface area contributed by atoms with Crippen LogP contribution in [0.25, 0.3) is 55.3 Å². The summed E-state index contributed by atoms with van der Waals surface area (Å²) in [5, 5.41) is 20.9. The molecule has 2 heterocycles. The molecule has 162 valence electrons. The second kappa shape index (κ2) is 8.30. The van der Waals surface area contributed by atoms with E-state index in [9.17, 15) is 10.5 Å². The van der Waals surface area contributed by atoms with Crippen LogP contribution in [0.15, 0.2) is 108 Å². The third-order valence-corrected chi connectivity index (χ3v) is 6.22. The van der Waals surface area contributed by atoms with Gasteiger partial charge in [-0.15, -0.1) is 0 Å². The third-order valence-electron chi connectivity index (χ3n) is 6.22. The lowest BCUT2D eigenvalue weighted by molar-refractivity contribution is 0.671. The van der Waals surface area contributed by atoms with E-state index in [-0.39, 0.29) is 0 Å². The zero-order chi connectivity index (χ0) is 23.8. The zero-order valence-corrected chi connectivity index (χ0v) is 18.6. The number of furan rings is 1. The average molecular weight is 447 g/mol. The molecule has 0 N–H and O–H groups in total. The molecule has 6 aromatic rings. The Morgan fingerprint density at radius 2 is 1.17 bits per heavy atom. The molecule has 0 saturated heterocycles. The van der Waals surface area contributed by atoms with Gasteiger partial charge in [-0.3, -0.25) is 4.98 Å². The van der Waals surface area contributed by atoms with Crippen LogP contribution in [0.1, 0.15) is 11.1 Å². The number of fused-ring (bicyclic) bond motifs is 3. The molecule has 0 aliphatic carbocycles. The van der Waals surface area contributed by atoms with Gasteiger partial charge in [-0.1, -0.05) is 66.7 Å². The monoisotopic (exact) mass is 447 g/mol. The molecule has 0 aliphatic rings. The highest BCUT2D eigenvalue weighted by atomic mass is 16.3. The van der Waals surface area contributed by atoms with Crippen LogP contribution in [-0.4, -0.2) is 4.98 Å². The van der Waals surface area contributed by atoms with E-state index in [1.165, 1.54) is 0 Å². The van der Waals surface area contributed by atoms with Crippen molar-refractivity contribution in [2.75, 3.05) is 0 Å². The van der Waals surface area contributed by atoms with Crippen molar-refractivity contribution in [2.45, 2.75) is 0 Å². The highest BCUT2D eigenvalue weighted by Gasteiger charge is 2.16. The Morgan fingerprint density at radius 3 is 1.74 bits per heavy atom. The van der Waals surface area contributed by atoms with Gasteiger partial charge in [0.1, 0.15) is 11.2 Å². The van der Waals surface area contributed by atoms with E-state index in [1.54, 1.807) is 24.4 Å². The second-order valence-electron chi connectivity index (χ2n) is 8.31. The van der Waals surface area contributed by atoms with Gasteiger partial charge in [0.2, 0.25) is 0 Å². The quantitative estimate of drug-likeness (QED) is 0.278. The molecule has 0 bridgehead atoms. The predicted octanol–water partition coefficient (Wildman–Crippen LogP) is 7.73. The Kier molecular flexibility index (Phi) is 4.84. The van der Waals surface area contributed by atoms with Gasteiger partial charge in [-0.25, -0.2) is 0 Å². The summed E-state index contributed by atoms with van der Waals surface area (Å²) in [6, 6.07) is 34.0. The number of nitrogens with zero attached hydrogens (tertiary/aromatic N) is 3. The number of hydrogen-bond donors (Lipinski definition) is 0. The number of rotatable bonds is 3. The first-order valence-corrected chi connectivity index (χ1v) is 11.2. The van der Waals surface area contributed by atoms with Gasteiger partial charge >= 0.3 is 0 Å². The molecule has 4 nitrogen and oxygen atoms in total. The predicted molar refractivity (Wildman–Crippen MR) is 137 cm³/mol. The van der Waals surface area contributed by atoms with Crippen LogP contribution < -0.4 is 0 Å². The van der Waals surface area contributed by atoms with Crippen molar-refractivity contribution in [3.63, 3.8) is 0 Å². The van der Waals surface area contributed by atoms with E-state index >= 15 is 0 Å². The molecule has 0 spiro atoms. The number of pyridine rings is 1. The van der Waals surface area contributed by atoms with Crippen LogP contribution in [0.2, 0.25) is 0 Å². The topological polar surface area (TPSA) is 73.6 Å². The first-order chi connectivity index (χ1) is 17.2. The summed E-state index contributed by atoms with van der Waals surface area (Å²) in [6.07, 6.45) is 3.63. The van der Waals surface area contributed by atoms with Gasteiger partial charge in [-0.2, -0.15) is 10.5 Å². The summed E-state index contributed by atoms with van der Waals surface area (Å²) in [7, 11) is 0. The molecule has 35 heavy (non-hydrogen) atoms. The maximum Gasteiger partial charge on any atom is 0.143 e. The highest BCUT2D eigenvalue weighted by molar-refractivity contribution is 6.13. The van der Waals surface area contributed by atoms with Gasteiger partial charge in [0.15, 0.2) is 0 Å². The standard InChI is InChI=1S/C31H17N3O/c32-17-20-14-21(18-33)16-25(15-20)27-6-2-8-29-28-7-1-5-26(30(28)35-31(27)29)23-11-9-22(10-12-23)24-4-3-13-34-19-24/h1-16,19H. The molecule has 0 aliphatic heterocycles. The van der Waals surface area contributed by atoms with E-state index in [0.29, 0.717) is 11.1 Å². The smallest absolute Gasteiger partial charge is 0.143 e. The largest absolute Gasteiger partial charge is 0.455 e. The summed E-state index contributed by atoms with van der Waals surface area (Å²) >= 11 is 0. The first kappa shape index (κ1) is 20.4. The van der Waals surface area contributed by atoms with Gasteiger partial charge < -0.3 is 4.42 Å². The number of hydrogen-bond acceptors (Lipinski definition) is 4. The summed E-state index contributed by atoms with van der Waals surface area (Å²) in [4.78, 5) is 4.21. The SMILES string of the molecule is N#Cc1cc(C#N)cc(-c2cccc3c2oc2c(-c4ccc(-c5cccnc5)cc4)cccc23)c1. The molecular formula is C31H17N3O. The normalized spacial score (nSPS) is 10.8. The minimum Gasteiger partial charge on any atom is -0.455 e. The molecule has 6 rings (SSSR count). The van der Waals surface area contributed by atoms with E-state index < -0.39 is 0 Å². The number of para-hydroxylation sites is 2. The van der Waals surface area contributed by atoms with Crippen LogP contribution in [0, 0.1) is 22.7 Å². The van der Waals surface area contributed by atoms with Crippen molar-refractivity contribution in [3.05, 3.63) is 115 Å². The number of nitriles is 2. The Morgan fingerprint density at radius 1 is 0.571 bits per heavy atom. The Labute approximate surface area is 201 Å². The van der Waals surface area contributed by atoms with E-state index in [1.807, 2.05) is 42.6 Å². The summed E-state index contributed by atoms with van der Waals surface area (Å²) in [6.45, 7) is 0. The third kappa shape index (κ3) is 3.51. The molecule has 0 saturated carbocycles. The van der Waals surface area contributed by atoms with Crippen molar-refractivity contribution < 1.29 is 4.42 Å². The van der Waals surface area contributed by atoms with Gasteiger partial charge in [0.05, 0.1) is 23.3 Å². The average Bonchev–Trinajstić information content (AvgIpc) is 3.32. The molecule has 4 heteroatoms. The number of benzene rings is 4. The minimum atomic E-state index is 0.446. The lowest BCUT2D eigenvalue weighted by Crippen LogP contribution is -1.85. The fourth-order valence-corrected chi connectivity index (χ4v) is 4.56. The van der Waals surface area contributed by atoms with Crippen molar-refractivity contribution in [1.29, 1.82) is 10.5 Å². The maximum absolute atomic E-state index is 9.42. The Hall–Kier alpha value is -5.19. The molecule has 0 unspecified atom stereocenters. The first-order valence-electron chi connectivity index (χ1n) is 11.2. The Bertz CT molecular complexity index is 1770. The van der Waals surface area contributed by atoms with Crippen molar-refractivity contribution >= 4 is 21.9 Å². The van der Waals surface area contributed by atoms with Crippen molar-refractivity contribution in [1.82, 2.24) is 4.98 Å². The molecule has 0 amide bonds. The lowest BCUT2D eigenvalue weighted by Gasteiger charge is -2.05. The zero-order valence-electron chi connectivity index (χ0n) is 18.6. The molecule has 2 aromatic heterocycles. The number of aromatic nitrogens is 1. The fourth-order valence-electron chi connectivity index (χ4n) is 4.56. The van der Waals surface area contributed by atoms with Gasteiger partial charge in [0, 0.05) is 34.3 Å². The van der Waals surface area contributed by atoms with Crippen LogP contribution in [0.5, 0.6) is 0 Å². The van der Waals surface area contributed by atoms with Crippen LogP contribution in [-0.2, 0) is 0 Å². The summed E-state index contributed by atoms with van der Waals surface area (Å²) in [5.41, 5.74) is 8.31. The van der Waals surface area contributed by atoms with Crippen LogP contribution in [0.4, 0.5) is 0 Å². The Balaban J connectivity index is 1.52. The minimum absolute atomic E-state index is 0.446. The second-order valence-corrected chi connectivity index (χ2v) is 8.31.